The summed E-state index contributed by atoms with van der Waals surface area (Å²) in [5.74, 6) is 1.64. The molecule has 0 amide bonds. The van der Waals surface area contributed by atoms with E-state index in [9.17, 15) is 0 Å². The van der Waals surface area contributed by atoms with Gasteiger partial charge in [-0.1, -0.05) is 12.1 Å². The topological polar surface area (TPSA) is 48.1 Å². The second kappa shape index (κ2) is 10.3. The van der Waals surface area contributed by atoms with Crippen LogP contribution in [0.1, 0.15) is 32.3 Å². The fraction of sp³-hybridized carbons (Fsp3) is 0.650. The van der Waals surface area contributed by atoms with Crippen LogP contribution in [0.2, 0.25) is 0 Å². The molecule has 0 radical (unpaired) electrons. The van der Waals surface area contributed by atoms with Gasteiger partial charge in [-0.25, -0.2) is 4.99 Å². The van der Waals surface area contributed by atoms with Gasteiger partial charge in [0.05, 0.1) is 6.54 Å². The van der Waals surface area contributed by atoms with Crippen molar-refractivity contribution in [3.05, 3.63) is 29.8 Å². The van der Waals surface area contributed by atoms with E-state index in [1.54, 1.807) is 0 Å². The Hall–Kier alpha value is -1.02. The Morgan fingerprint density at radius 3 is 2.23 bits per heavy atom. The molecule has 0 spiro atoms. The Kier molecular flexibility index (Phi) is 8.47. The number of benzene rings is 1. The fourth-order valence-electron chi connectivity index (χ4n) is 3.49. The van der Waals surface area contributed by atoms with E-state index in [1.807, 2.05) is 0 Å². The lowest BCUT2D eigenvalue weighted by Crippen LogP contribution is -2.47. The van der Waals surface area contributed by atoms with Crippen molar-refractivity contribution in [3.63, 3.8) is 0 Å². The number of piperazine rings is 1. The van der Waals surface area contributed by atoms with Gasteiger partial charge in [0.25, 0.3) is 0 Å². The number of hydrogen-bond acceptors (Lipinski definition) is 3. The highest BCUT2D eigenvalue weighted by Crippen LogP contribution is 2.30. The molecule has 1 aromatic carbocycles. The third-order valence-corrected chi connectivity index (χ3v) is 5.40. The molecule has 3 rings (SSSR count). The lowest BCUT2D eigenvalue weighted by molar-refractivity contribution is 0.248. The molecular formula is C20H34IN5. The second-order valence-corrected chi connectivity index (χ2v) is 7.24. The minimum Gasteiger partial charge on any atom is -0.370 e. The average molecular weight is 471 g/mol. The molecule has 6 heteroatoms. The van der Waals surface area contributed by atoms with Gasteiger partial charge in [0.1, 0.15) is 0 Å². The van der Waals surface area contributed by atoms with E-state index in [4.69, 9.17) is 5.73 Å². The first kappa shape index (κ1) is 21.3. The van der Waals surface area contributed by atoms with Crippen molar-refractivity contribution in [1.29, 1.82) is 0 Å². The predicted molar refractivity (Wildman–Crippen MR) is 121 cm³/mol. The Labute approximate surface area is 175 Å². The summed E-state index contributed by atoms with van der Waals surface area (Å²) < 4.78 is 0. The molecule has 2 N–H and O–H groups in total. The van der Waals surface area contributed by atoms with E-state index < -0.39 is 0 Å². The van der Waals surface area contributed by atoms with Crippen molar-refractivity contribution in [2.45, 2.75) is 33.2 Å². The molecule has 0 atom stereocenters. The number of halogens is 1. The quantitative estimate of drug-likeness (QED) is 0.378. The smallest absolute Gasteiger partial charge is 0.191 e. The first-order valence-electron chi connectivity index (χ1n) is 9.80. The van der Waals surface area contributed by atoms with Gasteiger partial charge in [-0.05, 0) is 50.3 Å². The summed E-state index contributed by atoms with van der Waals surface area (Å²) in [5, 5.41) is 0. The number of aliphatic imine (C=N–C) groups is 1. The maximum absolute atomic E-state index is 6.05. The van der Waals surface area contributed by atoms with Crippen LogP contribution in [0.3, 0.4) is 0 Å². The molecule has 1 saturated carbocycles. The Morgan fingerprint density at radius 2 is 1.69 bits per heavy atom. The summed E-state index contributed by atoms with van der Waals surface area (Å²) >= 11 is 0. The zero-order chi connectivity index (χ0) is 17.6. The van der Waals surface area contributed by atoms with E-state index in [-0.39, 0.29) is 24.0 Å². The molecule has 5 nitrogen and oxygen atoms in total. The SMILES string of the molecule is CCN(CC)C(N)=NCc1ccc(N2CCN(CC3CC3)CC2)cc1.I. The van der Waals surface area contributed by atoms with E-state index in [0.717, 1.165) is 32.1 Å². The van der Waals surface area contributed by atoms with Crippen LogP contribution in [-0.2, 0) is 6.54 Å². The molecule has 2 aliphatic rings. The zero-order valence-electron chi connectivity index (χ0n) is 16.2. The van der Waals surface area contributed by atoms with E-state index >= 15 is 0 Å². The monoisotopic (exact) mass is 471 g/mol. The number of anilines is 1. The zero-order valence-corrected chi connectivity index (χ0v) is 18.6. The van der Waals surface area contributed by atoms with E-state index in [1.165, 1.54) is 43.7 Å². The van der Waals surface area contributed by atoms with Crippen LogP contribution < -0.4 is 10.6 Å². The lowest BCUT2D eigenvalue weighted by Gasteiger charge is -2.36. The van der Waals surface area contributed by atoms with Crippen LogP contribution in [0.15, 0.2) is 29.3 Å². The number of nitrogens with two attached hydrogens (primary N) is 1. The van der Waals surface area contributed by atoms with Gasteiger partial charge in [0.15, 0.2) is 5.96 Å². The van der Waals surface area contributed by atoms with Crippen LogP contribution in [0, 0.1) is 5.92 Å². The molecule has 0 bridgehead atoms. The molecule has 1 aliphatic carbocycles. The van der Waals surface area contributed by atoms with Crippen molar-refractivity contribution < 1.29 is 0 Å². The largest absolute Gasteiger partial charge is 0.370 e. The third kappa shape index (κ3) is 6.01. The summed E-state index contributed by atoms with van der Waals surface area (Å²) in [6.45, 7) is 12.6. The molecule has 26 heavy (non-hydrogen) atoms. The number of guanidine groups is 1. The van der Waals surface area contributed by atoms with Gasteiger partial charge in [-0.3, -0.25) is 4.90 Å². The second-order valence-electron chi connectivity index (χ2n) is 7.24. The van der Waals surface area contributed by atoms with Crippen molar-refractivity contribution >= 4 is 35.6 Å². The maximum Gasteiger partial charge on any atom is 0.191 e. The molecule has 1 aromatic rings. The van der Waals surface area contributed by atoms with E-state index in [0.29, 0.717) is 12.5 Å². The first-order chi connectivity index (χ1) is 12.2. The van der Waals surface area contributed by atoms with Crippen molar-refractivity contribution in [2.75, 3.05) is 50.7 Å². The molecule has 146 valence electrons. The molecule has 0 aromatic heterocycles. The summed E-state index contributed by atoms with van der Waals surface area (Å²) in [6, 6.07) is 8.83. The molecular weight excluding hydrogens is 437 g/mol. The number of rotatable bonds is 7. The van der Waals surface area contributed by atoms with Crippen LogP contribution in [0.5, 0.6) is 0 Å². The molecule has 0 unspecified atom stereocenters. The standard InChI is InChI=1S/C20H33N5.HI/c1-3-24(4-2)20(21)22-15-17-7-9-19(10-8-17)25-13-11-23(12-14-25)16-18-5-6-18;/h7-10,18H,3-6,11-16H2,1-2H3,(H2,21,22);1H. The van der Waals surface area contributed by atoms with Gasteiger partial charge in [0.2, 0.25) is 0 Å². The molecule has 1 saturated heterocycles. The summed E-state index contributed by atoms with van der Waals surface area (Å²) in [7, 11) is 0. The van der Waals surface area contributed by atoms with Crippen LogP contribution in [0.4, 0.5) is 5.69 Å². The van der Waals surface area contributed by atoms with E-state index in [2.05, 4.69) is 57.8 Å². The molecule has 2 fully saturated rings. The van der Waals surface area contributed by atoms with Gasteiger partial charge in [0, 0.05) is 51.5 Å². The van der Waals surface area contributed by atoms with Crippen LogP contribution in [-0.4, -0.2) is 61.6 Å². The first-order valence-corrected chi connectivity index (χ1v) is 9.80. The molecule has 1 aliphatic heterocycles. The maximum atomic E-state index is 6.05. The molecule has 1 heterocycles. The van der Waals surface area contributed by atoms with Gasteiger partial charge in [-0.2, -0.15) is 0 Å². The summed E-state index contributed by atoms with van der Waals surface area (Å²) in [5.41, 5.74) is 8.59. The van der Waals surface area contributed by atoms with Crippen molar-refractivity contribution in [3.8, 4) is 0 Å². The van der Waals surface area contributed by atoms with Crippen molar-refractivity contribution in [1.82, 2.24) is 9.80 Å². The number of hydrogen-bond donors (Lipinski definition) is 1. The average Bonchev–Trinajstić information content (AvgIpc) is 3.46. The van der Waals surface area contributed by atoms with Gasteiger partial charge >= 0.3 is 0 Å². The normalized spacial score (nSPS) is 18.5. The Morgan fingerprint density at radius 1 is 1.08 bits per heavy atom. The van der Waals surface area contributed by atoms with Crippen LogP contribution in [0.25, 0.3) is 0 Å². The Balaban J connectivity index is 0.00000243. The highest BCUT2D eigenvalue weighted by molar-refractivity contribution is 14.0. The summed E-state index contributed by atoms with van der Waals surface area (Å²) in [4.78, 5) is 11.7. The number of nitrogens with zero attached hydrogens (tertiary/aromatic N) is 4. The highest BCUT2D eigenvalue weighted by Gasteiger charge is 2.26. The summed E-state index contributed by atoms with van der Waals surface area (Å²) in [6.07, 6.45) is 2.89. The minimum atomic E-state index is 0. The lowest BCUT2D eigenvalue weighted by atomic mass is 10.1. The Bertz CT molecular complexity index is 558. The van der Waals surface area contributed by atoms with Gasteiger partial charge < -0.3 is 15.5 Å². The van der Waals surface area contributed by atoms with Crippen molar-refractivity contribution in [2.24, 2.45) is 16.6 Å². The minimum absolute atomic E-state index is 0. The highest BCUT2D eigenvalue weighted by atomic mass is 127. The third-order valence-electron chi connectivity index (χ3n) is 5.40. The predicted octanol–water partition coefficient (Wildman–Crippen LogP) is 2.99. The van der Waals surface area contributed by atoms with Gasteiger partial charge in [-0.15, -0.1) is 24.0 Å². The fourth-order valence-corrected chi connectivity index (χ4v) is 3.49. The van der Waals surface area contributed by atoms with Crippen LogP contribution >= 0.6 is 24.0 Å².